The van der Waals surface area contributed by atoms with Crippen LogP contribution in [-0.2, 0) is 14.8 Å². The highest BCUT2D eigenvalue weighted by molar-refractivity contribution is 7.89. The summed E-state index contributed by atoms with van der Waals surface area (Å²) in [4.78, 5) is 13.6. The smallest absolute Gasteiger partial charge is 0.240 e. The topological polar surface area (TPSA) is 66.5 Å². The number of amides is 1. The molecule has 25 heavy (non-hydrogen) atoms. The number of benzene rings is 2. The van der Waals surface area contributed by atoms with E-state index in [4.69, 9.17) is 11.6 Å². The van der Waals surface area contributed by atoms with Gasteiger partial charge in [-0.05, 0) is 55.3 Å². The molecule has 0 aliphatic rings. The van der Waals surface area contributed by atoms with E-state index in [9.17, 15) is 13.2 Å². The van der Waals surface area contributed by atoms with E-state index in [1.165, 1.54) is 11.8 Å². The van der Waals surface area contributed by atoms with Crippen LogP contribution >= 0.6 is 11.6 Å². The molecule has 0 unspecified atom stereocenters. The van der Waals surface area contributed by atoms with Crippen LogP contribution in [-0.4, -0.2) is 27.4 Å². The van der Waals surface area contributed by atoms with Crippen molar-refractivity contribution in [3.05, 3.63) is 58.6 Å². The lowest BCUT2D eigenvalue weighted by atomic mass is 10.2. The molecule has 2 rings (SSSR count). The van der Waals surface area contributed by atoms with Gasteiger partial charge >= 0.3 is 0 Å². The summed E-state index contributed by atoms with van der Waals surface area (Å²) in [6, 6.07) is 12.1. The van der Waals surface area contributed by atoms with Crippen molar-refractivity contribution in [3.8, 4) is 0 Å². The Hall–Kier alpha value is -1.89. The van der Waals surface area contributed by atoms with Crippen LogP contribution in [0.2, 0.25) is 5.02 Å². The van der Waals surface area contributed by atoms with Crippen molar-refractivity contribution in [1.82, 2.24) is 4.72 Å². The average molecular weight is 381 g/mol. The summed E-state index contributed by atoms with van der Waals surface area (Å²) in [6.45, 7) is 5.37. The first kappa shape index (κ1) is 19.4. The first-order chi connectivity index (χ1) is 11.7. The molecule has 0 aliphatic heterocycles. The predicted molar refractivity (Wildman–Crippen MR) is 101 cm³/mol. The Morgan fingerprint density at radius 2 is 1.76 bits per heavy atom. The number of nitrogens with one attached hydrogen (secondary N) is 1. The summed E-state index contributed by atoms with van der Waals surface area (Å²) < 4.78 is 27.6. The number of hydrogen-bond acceptors (Lipinski definition) is 3. The van der Waals surface area contributed by atoms with Crippen molar-refractivity contribution in [1.29, 1.82) is 0 Å². The molecule has 0 bridgehead atoms. The number of carbonyl (C=O) groups is 1. The fourth-order valence-corrected chi connectivity index (χ4v) is 3.93. The molecule has 134 valence electrons. The predicted octanol–water partition coefficient (Wildman–Crippen LogP) is 3.29. The summed E-state index contributed by atoms with van der Waals surface area (Å²) in [5.74, 6) is -0.173. The van der Waals surface area contributed by atoms with Gasteiger partial charge in [-0.2, -0.15) is 0 Å². The lowest BCUT2D eigenvalue weighted by Crippen LogP contribution is -2.37. The van der Waals surface area contributed by atoms with E-state index < -0.39 is 10.0 Å². The highest BCUT2D eigenvalue weighted by atomic mass is 35.5. The highest BCUT2D eigenvalue weighted by Gasteiger charge is 2.18. The normalized spacial score (nSPS) is 11.4. The molecule has 5 nitrogen and oxygen atoms in total. The Morgan fingerprint density at radius 1 is 1.12 bits per heavy atom. The highest BCUT2D eigenvalue weighted by Crippen LogP contribution is 2.19. The molecule has 2 aromatic rings. The van der Waals surface area contributed by atoms with Gasteiger partial charge in [-0.15, -0.1) is 0 Å². The Labute approximate surface area is 153 Å². The van der Waals surface area contributed by atoms with Crippen molar-refractivity contribution in [2.24, 2.45) is 0 Å². The van der Waals surface area contributed by atoms with Crippen molar-refractivity contribution >= 4 is 33.2 Å². The minimum absolute atomic E-state index is 0.109. The maximum absolute atomic E-state index is 12.5. The summed E-state index contributed by atoms with van der Waals surface area (Å²) in [7, 11) is -3.63. The summed E-state index contributed by atoms with van der Waals surface area (Å²) in [6.07, 6.45) is 0. The minimum Gasteiger partial charge on any atom is -0.311 e. The van der Waals surface area contributed by atoms with Crippen LogP contribution in [0, 0.1) is 13.8 Å². The monoisotopic (exact) mass is 380 g/mol. The molecule has 0 heterocycles. The lowest BCUT2D eigenvalue weighted by molar-refractivity contribution is -0.116. The molecule has 1 amide bonds. The number of rotatable bonds is 6. The lowest BCUT2D eigenvalue weighted by Gasteiger charge is -2.21. The van der Waals surface area contributed by atoms with Crippen LogP contribution in [0.5, 0.6) is 0 Å². The number of hydrogen-bond donors (Lipinski definition) is 1. The summed E-state index contributed by atoms with van der Waals surface area (Å²) >= 11 is 5.86. The fraction of sp³-hybridized carbons (Fsp3) is 0.278. The van der Waals surface area contributed by atoms with Crippen LogP contribution in [0.1, 0.15) is 18.1 Å². The molecule has 2 aromatic carbocycles. The van der Waals surface area contributed by atoms with Gasteiger partial charge in [0.05, 0.1) is 4.90 Å². The van der Waals surface area contributed by atoms with Gasteiger partial charge in [0.25, 0.3) is 0 Å². The number of carbonyl (C=O) groups excluding carboxylic acids is 1. The molecule has 0 aromatic heterocycles. The van der Waals surface area contributed by atoms with Gasteiger partial charge in [-0.25, -0.2) is 13.1 Å². The average Bonchev–Trinajstić information content (AvgIpc) is 2.54. The van der Waals surface area contributed by atoms with E-state index >= 15 is 0 Å². The van der Waals surface area contributed by atoms with E-state index in [1.807, 2.05) is 13.0 Å². The van der Waals surface area contributed by atoms with Crippen molar-refractivity contribution < 1.29 is 13.2 Å². The van der Waals surface area contributed by atoms with Crippen LogP contribution in [0.25, 0.3) is 0 Å². The third-order valence-corrected chi connectivity index (χ3v) is 5.63. The Morgan fingerprint density at radius 3 is 2.36 bits per heavy atom. The van der Waals surface area contributed by atoms with Gasteiger partial charge < -0.3 is 4.90 Å². The number of anilines is 1. The van der Waals surface area contributed by atoms with E-state index in [-0.39, 0.29) is 23.9 Å². The van der Waals surface area contributed by atoms with Crippen LogP contribution < -0.4 is 9.62 Å². The largest absolute Gasteiger partial charge is 0.311 e. The number of sulfonamides is 1. The van der Waals surface area contributed by atoms with E-state index in [0.29, 0.717) is 16.3 Å². The van der Waals surface area contributed by atoms with Crippen LogP contribution in [0.3, 0.4) is 0 Å². The third kappa shape index (κ3) is 5.04. The third-order valence-electron chi connectivity index (χ3n) is 3.78. The number of aryl methyl sites for hydroxylation is 2. The molecule has 0 spiro atoms. The first-order valence-electron chi connectivity index (χ1n) is 7.81. The van der Waals surface area contributed by atoms with Crippen molar-refractivity contribution in [2.75, 3.05) is 18.0 Å². The molecule has 0 saturated carbocycles. The quantitative estimate of drug-likeness (QED) is 0.836. The Kier molecular flexibility index (Phi) is 6.21. The summed E-state index contributed by atoms with van der Waals surface area (Å²) in [5, 5.41) is 0.572. The Bertz CT molecular complexity index is 864. The minimum atomic E-state index is -3.63. The molecule has 1 N–H and O–H groups in total. The van der Waals surface area contributed by atoms with E-state index in [0.717, 1.165) is 5.56 Å². The standard InChI is InChI=1S/C18H21ClN2O3S/c1-13-4-5-14(2)18(12-13)25(23,24)20-10-11-21(15(3)22)17-8-6-16(19)7-9-17/h4-9,12,20H,10-11H2,1-3H3. The zero-order chi connectivity index (χ0) is 18.6. The van der Waals surface area contributed by atoms with Gasteiger partial charge in [-0.1, -0.05) is 23.7 Å². The molecule has 0 radical (unpaired) electrons. The molecular weight excluding hydrogens is 360 g/mol. The maximum atomic E-state index is 12.5. The van der Waals surface area contributed by atoms with Crippen molar-refractivity contribution in [3.63, 3.8) is 0 Å². The zero-order valence-corrected chi connectivity index (χ0v) is 16.0. The molecule has 0 saturated heterocycles. The zero-order valence-electron chi connectivity index (χ0n) is 14.4. The SMILES string of the molecule is CC(=O)N(CCNS(=O)(=O)c1cc(C)ccc1C)c1ccc(Cl)cc1. The molecule has 7 heteroatoms. The van der Waals surface area contributed by atoms with Gasteiger partial charge in [0, 0.05) is 30.7 Å². The molecule has 0 fully saturated rings. The van der Waals surface area contributed by atoms with Crippen LogP contribution in [0.15, 0.2) is 47.4 Å². The van der Waals surface area contributed by atoms with Gasteiger partial charge in [-0.3, -0.25) is 4.79 Å². The molecule has 0 aliphatic carbocycles. The van der Waals surface area contributed by atoms with E-state index in [1.54, 1.807) is 43.3 Å². The molecular formula is C18H21ClN2O3S. The maximum Gasteiger partial charge on any atom is 0.240 e. The van der Waals surface area contributed by atoms with Crippen LogP contribution in [0.4, 0.5) is 5.69 Å². The first-order valence-corrected chi connectivity index (χ1v) is 9.67. The second kappa shape index (κ2) is 7.99. The molecule has 0 atom stereocenters. The number of nitrogens with zero attached hydrogens (tertiary/aromatic N) is 1. The van der Waals surface area contributed by atoms with Gasteiger partial charge in [0.15, 0.2) is 0 Å². The fourth-order valence-electron chi connectivity index (χ4n) is 2.46. The number of halogens is 1. The van der Waals surface area contributed by atoms with Gasteiger partial charge in [0.2, 0.25) is 15.9 Å². The van der Waals surface area contributed by atoms with Crippen molar-refractivity contribution in [2.45, 2.75) is 25.7 Å². The summed E-state index contributed by atoms with van der Waals surface area (Å²) in [5.41, 5.74) is 2.22. The van der Waals surface area contributed by atoms with E-state index in [2.05, 4.69) is 4.72 Å². The van der Waals surface area contributed by atoms with Gasteiger partial charge in [0.1, 0.15) is 0 Å². The Balaban J connectivity index is 2.10. The second-order valence-electron chi connectivity index (χ2n) is 5.81. The second-order valence-corrected chi connectivity index (χ2v) is 7.99.